The van der Waals surface area contributed by atoms with Crippen molar-refractivity contribution in [2.75, 3.05) is 6.61 Å². The fourth-order valence-electron chi connectivity index (χ4n) is 4.80. The van der Waals surface area contributed by atoms with Crippen LogP contribution in [0.1, 0.15) is 30.6 Å². The quantitative estimate of drug-likeness (QED) is 0.327. The number of likely N-dealkylation sites (tertiary alicyclic amines) is 1. The minimum absolute atomic E-state index is 0.0833. The molecule has 2 amide bonds. The predicted molar refractivity (Wildman–Crippen MR) is 99.9 cm³/mol. The van der Waals surface area contributed by atoms with Crippen LogP contribution >= 0.6 is 0 Å². The number of esters is 1. The number of fused-ring (bicyclic) bond motifs is 5. The highest BCUT2D eigenvalue weighted by molar-refractivity contribution is 6.09. The number of Topliss-reactive ketones (excluding diaryl/α,β-unsaturated/α-hetero) is 1. The van der Waals surface area contributed by atoms with Gasteiger partial charge in [-0.15, -0.1) is 0 Å². The van der Waals surface area contributed by atoms with Crippen molar-refractivity contribution in [1.82, 2.24) is 4.90 Å². The average Bonchev–Trinajstić information content (AvgIpc) is 3.36. The van der Waals surface area contributed by atoms with Gasteiger partial charge >= 0.3 is 5.97 Å². The number of hydrogen-bond acceptors (Lipinski definition) is 5. The number of amides is 2. The first kappa shape index (κ1) is 18.6. The monoisotopic (exact) mass is 381 g/mol. The van der Waals surface area contributed by atoms with Gasteiger partial charge in [0.1, 0.15) is 6.04 Å². The largest absolute Gasteiger partial charge is 0.456 e. The molecule has 5 atom stereocenters. The van der Waals surface area contributed by atoms with E-state index in [-0.39, 0.29) is 47.2 Å². The molecule has 1 saturated heterocycles. The van der Waals surface area contributed by atoms with Crippen molar-refractivity contribution in [2.24, 2.45) is 29.6 Å². The Bertz CT molecular complexity index is 829. The summed E-state index contributed by atoms with van der Waals surface area (Å²) < 4.78 is 5.23. The summed E-state index contributed by atoms with van der Waals surface area (Å²) in [6, 6.07) is 7.54. The van der Waals surface area contributed by atoms with Crippen LogP contribution in [0.3, 0.4) is 0 Å². The zero-order chi connectivity index (χ0) is 20.0. The lowest BCUT2D eigenvalue weighted by atomic mass is 9.85. The topological polar surface area (TPSA) is 80.8 Å². The van der Waals surface area contributed by atoms with E-state index in [1.165, 1.54) is 0 Å². The summed E-state index contributed by atoms with van der Waals surface area (Å²) in [7, 11) is 0. The first-order chi connectivity index (χ1) is 13.4. The van der Waals surface area contributed by atoms with Gasteiger partial charge < -0.3 is 4.74 Å². The Labute approximate surface area is 163 Å². The predicted octanol–water partition coefficient (Wildman–Crippen LogP) is 2.24. The number of benzene rings is 1. The summed E-state index contributed by atoms with van der Waals surface area (Å²) in [4.78, 5) is 52.1. The van der Waals surface area contributed by atoms with Crippen LogP contribution in [0.15, 0.2) is 42.5 Å². The molecule has 4 rings (SSSR count). The normalized spacial score (nSPS) is 28.8. The number of allylic oxidation sites excluding steroid dienone is 2. The zero-order valence-corrected chi connectivity index (χ0v) is 15.9. The highest BCUT2D eigenvalue weighted by Gasteiger charge is 2.61. The summed E-state index contributed by atoms with van der Waals surface area (Å²) in [6.07, 6.45) is 4.87. The van der Waals surface area contributed by atoms with Gasteiger partial charge in [0.2, 0.25) is 11.8 Å². The summed E-state index contributed by atoms with van der Waals surface area (Å²) in [6.45, 7) is 3.13. The van der Waals surface area contributed by atoms with Gasteiger partial charge in [0.25, 0.3) is 0 Å². The lowest BCUT2D eigenvalue weighted by Gasteiger charge is -2.28. The van der Waals surface area contributed by atoms with Crippen molar-refractivity contribution in [1.29, 1.82) is 0 Å². The van der Waals surface area contributed by atoms with Crippen molar-refractivity contribution in [3.05, 3.63) is 48.0 Å². The van der Waals surface area contributed by atoms with Gasteiger partial charge in [0.15, 0.2) is 12.4 Å². The molecular formula is C22H23NO5. The van der Waals surface area contributed by atoms with Crippen molar-refractivity contribution >= 4 is 23.6 Å². The number of hydrogen-bond donors (Lipinski definition) is 0. The molecule has 146 valence electrons. The third-order valence-corrected chi connectivity index (χ3v) is 6.10. The molecule has 1 heterocycles. The van der Waals surface area contributed by atoms with Crippen molar-refractivity contribution in [3.63, 3.8) is 0 Å². The highest BCUT2D eigenvalue weighted by Crippen LogP contribution is 2.53. The van der Waals surface area contributed by atoms with E-state index in [9.17, 15) is 19.2 Å². The average molecular weight is 381 g/mol. The van der Waals surface area contributed by atoms with Gasteiger partial charge in [-0.05, 0) is 24.2 Å². The van der Waals surface area contributed by atoms with Crippen LogP contribution in [0, 0.1) is 29.6 Å². The van der Waals surface area contributed by atoms with Gasteiger partial charge in [-0.3, -0.25) is 19.3 Å². The highest BCUT2D eigenvalue weighted by atomic mass is 16.5. The fourth-order valence-corrected chi connectivity index (χ4v) is 4.80. The van der Waals surface area contributed by atoms with E-state index < -0.39 is 18.6 Å². The van der Waals surface area contributed by atoms with Crippen LogP contribution in [0.25, 0.3) is 0 Å². The standard InChI is InChI=1S/C22H23NO5/c1-12(2)19(22(27)28-11-16(24)13-6-4-3-5-7-13)23-20(25)17-14-8-9-15(10-14)18(17)21(23)26/h3-9,12,14-15,17-19H,10-11H2,1-2H3/t14-,15-,17-,18+,19-/m0/s1. The second-order valence-corrected chi connectivity index (χ2v) is 8.13. The van der Waals surface area contributed by atoms with Crippen LogP contribution in [0.5, 0.6) is 0 Å². The van der Waals surface area contributed by atoms with Crippen molar-refractivity contribution < 1.29 is 23.9 Å². The van der Waals surface area contributed by atoms with E-state index >= 15 is 0 Å². The van der Waals surface area contributed by atoms with E-state index in [2.05, 4.69) is 0 Å². The number of ketones is 1. The van der Waals surface area contributed by atoms with Gasteiger partial charge in [-0.1, -0.05) is 56.3 Å². The molecule has 0 radical (unpaired) electrons. The number of nitrogens with zero attached hydrogens (tertiary/aromatic N) is 1. The van der Waals surface area contributed by atoms with Crippen LogP contribution in [0.4, 0.5) is 0 Å². The number of ether oxygens (including phenoxy) is 1. The Hall–Kier alpha value is -2.76. The lowest BCUT2D eigenvalue weighted by molar-refractivity contribution is -0.160. The molecule has 0 unspecified atom stereocenters. The van der Waals surface area contributed by atoms with Crippen LogP contribution in [-0.4, -0.2) is 41.1 Å². The molecular weight excluding hydrogens is 358 g/mol. The van der Waals surface area contributed by atoms with E-state index in [1.54, 1.807) is 44.2 Å². The summed E-state index contributed by atoms with van der Waals surface area (Å²) in [5.74, 6) is -2.45. The molecule has 0 N–H and O–H groups in total. The molecule has 2 aliphatic carbocycles. The molecule has 3 aliphatic rings. The third-order valence-electron chi connectivity index (χ3n) is 6.10. The molecule has 1 aromatic rings. The Morgan fingerprint density at radius 2 is 1.61 bits per heavy atom. The SMILES string of the molecule is CC(C)[C@@H](C(=O)OCC(=O)c1ccccc1)N1C(=O)[C@@H]2[C@H](C1=O)[C@H]1C=C[C@H]2C1. The minimum atomic E-state index is -1.01. The van der Waals surface area contributed by atoms with E-state index in [0.29, 0.717) is 5.56 Å². The van der Waals surface area contributed by atoms with Crippen LogP contribution in [0.2, 0.25) is 0 Å². The Balaban J connectivity index is 1.48. The summed E-state index contributed by atoms with van der Waals surface area (Å²) in [5, 5.41) is 0. The summed E-state index contributed by atoms with van der Waals surface area (Å²) >= 11 is 0. The first-order valence-electron chi connectivity index (χ1n) is 9.70. The van der Waals surface area contributed by atoms with Gasteiger partial charge in [0, 0.05) is 5.56 Å². The molecule has 6 nitrogen and oxygen atoms in total. The Morgan fingerprint density at radius 1 is 1.04 bits per heavy atom. The molecule has 1 aliphatic heterocycles. The van der Waals surface area contributed by atoms with Crippen molar-refractivity contribution in [2.45, 2.75) is 26.3 Å². The maximum absolute atomic E-state index is 13.0. The fraction of sp³-hybridized carbons (Fsp3) is 0.455. The third kappa shape index (κ3) is 2.87. The maximum atomic E-state index is 13.0. The zero-order valence-electron chi connectivity index (χ0n) is 15.9. The second kappa shape index (κ2) is 7.00. The summed E-state index contributed by atoms with van der Waals surface area (Å²) in [5.41, 5.74) is 0.446. The van der Waals surface area contributed by atoms with Crippen LogP contribution in [-0.2, 0) is 19.1 Å². The van der Waals surface area contributed by atoms with Crippen molar-refractivity contribution in [3.8, 4) is 0 Å². The minimum Gasteiger partial charge on any atom is -0.456 e. The van der Waals surface area contributed by atoms with Gasteiger partial charge in [-0.25, -0.2) is 4.79 Å². The van der Waals surface area contributed by atoms with Crippen LogP contribution < -0.4 is 0 Å². The van der Waals surface area contributed by atoms with Gasteiger partial charge in [-0.2, -0.15) is 0 Å². The Kier molecular flexibility index (Phi) is 4.65. The molecule has 0 aromatic heterocycles. The molecule has 28 heavy (non-hydrogen) atoms. The van der Waals surface area contributed by atoms with Gasteiger partial charge in [0.05, 0.1) is 11.8 Å². The van der Waals surface area contributed by atoms with E-state index in [4.69, 9.17) is 4.74 Å². The molecule has 1 aromatic carbocycles. The second-order valence-electron chi connectivity index (χ2n) is 8.13. The number of carbonyl (C=O) groups excluding carboxylic acids is 4. The van der Waals surface area contributed by atoms with E-state index in [0.717, 1.165) is 11.3 Å². The first-order valence-corrected chi connectivity index (χ1v) is 9.70. The Morgan fingerprint density at radius 3 is 2.14 bits per heavy atom. The smallest absolute Gasteiger partial charge is 0.330 e. The lowest BCUT2D eigenvalue weighted by Crippen LogP contribution is -2.50. The number of imide groups is 1. The number of carbonyl (C=O) groups is 4. The number of rotatable bonds is 6. The molecule has 0 spiro atoms. The molecule has 2 fully saturated rings. The molecule has 2 bridgehead atoms. The van der Waals surface area contributed by atoms with E-state index in [1.807, 2.05) is 12.2 Å². The molecule has 1 saturated carbocycles. The molecule has 6 heteroatoms. The maximum Gasteiger partial charge on any atom is 0.330 e.